The number of piperidine rings is 1. The second-order valence-electron chi connectivity index (χ2n) is 8.84. The van der Waals surface area contributed by atoms with E-state index in [0.717, 1.165) is 22.4 Å². The van der Waals surface area contributed by atoms with Crippen LogP contribution in [0.15, 0.2) is 72.1 Å². The first-order valence-electron chi connectivity index (χ1n) is 12.6. The molecule has 38 heavy (non-hydrogen) atoms. The number of nitrogens with one attached hydrogen (secondary N) is 1. The van der Waals surface area contributed by atoms with E-state index in [-0.39, 0.29) is 12.0 Å². The van der Waals surface area contributed by atoms with Crippen molar-refractivity contribution in [1.82, 2.24) is 14.9 Å². The van der Waals surface area contributed by atoms with E-state index in [1.165, 1.54) is 12.4 Å². The first-order chi connectivity index (χ1) is 18.6. The fourth-order valence-electron chi connectivity index (χ4n) is 4.55. The van der Waals surface area contributed by atoms with Crippen molar-refractivity contribution in [2.45, 2.75) is 25.9 Å². The monoisotopic (exact) mass is 514 g/mol. The summed E-state index contributed by atoms with van der Waals surface area (Å²) in [5, 5.41) is 4.20. The van der Waals surface area contributed by atoms with Gasteiger partial charge in [-0.25, -0.2) is 9.97 Å². The Bertz CT molecular complexity index is 1430. The summed E-state index contributed by atoms with van der Waals surface area (Å²) in [6.07, 6.45) is 5.89. The van der Waals surface area contributed by atoms with Crippen LogP contribution in [0, 0.1) is 0 Å². The van der Waals surface area contributed by atoms with Crippen LogP contribution in [0.5, 0.6) is 17.2 Å². The molecule has 2 aromatic heterocycles. The average Bonchev–Trinajstić information content (AvgIpc) is 3.49. The van der Waals surface area contributed by atoms with Gasteiger partial charge < -0.3 is 28.8 Å². The number of hydrogen-bond acceptors (Lipinski definition) is 8. The van der Waals surface area contributed by atoms with Crippen molar-refractivity contribution >= 4 is 28.3 Å². The minimum atomic E-state index is -0.0536. The van der Waals surface area contributed by atoms with Gasteiger partial charge in [0.25, 0.3) is 0 Å². The molecule has 3 heterocycles. The first kappa shape index (κ1) is 25.1. The summed E-state index contributed by atoms with van der Waals surface area (Å²) in [5.74, 6) is 3.18. The van der Waals surface area contributed by atoms with E-state index in [9.17, 15) is 4.79 Å². The summed E-state index contributed by atoms with van der Waals surface area (Å²) in [7, 11) is 1.61. The molecular weight excluding hydrogens is 484 g/mol. The number of hydrogen-bond donors (Lipinski definition) is 1. The third-order valence-corrected chi connectivity index (χ3v) is 6.48. The Morgan fingerprint density at radius 2 is 2.00 bits per heavy atom. The molecule has 0 spiro atoms. The zero-order valence-corrected chi connectivity index (χ0v) is 21.5. The zero-order valence-electron chi connectivity index (χ0n) is 21.5. The van der Waals surface area contributed by atoms with Crippen molar-refractivity contribution in [3.8, 4) is 28.6 Å². The lowest BCUT2D eigenvalue weighted by molar-refractivity contribution is -0.127. The number of fused-ring (bicyclic) bond motifs is 1. The molecule has 0 aliphatic carbocycles. The Morgan fingerprint density at radius 3 is 2.71 bits per heavy atom. The second-order valence-corrected chi connectivity index (χ2v) is 8.84. The van der Waals surface area contributed by atoms with Crippen molar-refractivity contribution in [1.29, 1.82) is 0 Å². The molecule has 4 aromatic rings. The maximum atomic E-state index is 11.9. The van der Waals surface area contributed by atoms with Gasteiger partial charge in [0.2, 0.25) is 5.91 Å². The van der Waals surface area contributed by atoms with Gasteiger partial charge in [-0.15, -0.1) is 0 Å². The summed E-state index contributed by atoms with van der Waals surface area (Å²) in [4.78, 5) is 22.7. The molecule has 1 aliphatic heterocycles. The number of benzene rings is 2. The summed E-state index contributed by atoms with van der Waals surface area (Å²) >= 11 is 0. The quantitative estimate of drug-likeness (QED) is 0.288. The van der Waals surface area contributed by atoms with Gasteiger partial charge in [0.1, 0.15) is 29.8 Å². The molecule has 5 rings (SSSR count). The number of carbonyl (C=O) groups is 1. The van der Waals surface area contributed by atoms with Crippen molar-refractivity contribution < 1.29 is 23.4 Å². The SMILES string of the molecule is C=CC(=O)N1CCC(Oc2cc3c(Nc4cc(-c5ccco5)ccc4OCC)ncnc3cc2OC)CC1. The molecule has 1 amide bonds. The van der Waals surface area contributed by atoms with Crippen LogP contribution < -0.4 is 19.5 Å². The number of amides is 1. The molecule has 1 saturated heterocycles. The van der Waals surface area contributed by atoms with Crippen LogP contribution in [0.3, 0.4) is 0 Å². The Morgan fingerprint density at radius 1 is 1.16 bits per heavy atom. The third-order valence-electron chi connectivity index (χ3n) is 6.48. The summed E-state index contributed by atoms with van der Waals surface area (Å²) < 4.78 is 23.5. The van der Waals surface area contributed by atoms with E-state index in [2.05, 4.69) is 21.9 Å². The molecule has 9 nitrogen and oxygen atoms in total. The maximum absolute atomic E-state index is 11.9. The Balaban J connectivity index is 1.46. The maximum Gasteiger partial charge on any atom is 0.245 e. The summed E-state index contributed by atoms with van der Waals surface area (Å²) in [6.45, 7) is 7.28. The summed E-state index contributed by atoms with van der Waals surface area (Å²) in [5.41, 5.74) is 2.36. The molecule has 9 heteroatoms. The second kappa shape index (κ2) is 11.2. The molecule has 0 bridgehead atoms. The predicted molar refractivity (Wildman–Crippen MR) is 145 cm³/mol. The molecule has 196 valence electrons. The van der Waals surface area contributed by atoms with Gasteiger partial charge in [0.15, 0.2) is 11.5 Å². The topological polar surface area (TPSA) is 99.0 Å². The normalized spacial score (nSPS) is 13.8. The van der Waals surface area contributed by atoms with Crippen LogP contribution in [-0.4, -0.2) is 53.7 Å². The first-order valence-corrected chi connectivity index (χ1v) is 12.6. The number of carbonyl (C=O) groups excluding carboxylic acids is 1. The number of aromatic nitrogens is 2. The molecular formula is C29H30N4O5. The van der Waals surface area contributed by atoms with E-state index >= 15 is 0 Å². The molecule has 0 unspecified atom stereocenters. The van der Waals surface area contributed by atoms with Gasteiger partial charge in [-0.1, -0.05) is 6.58 Å². The van der Waals surface area contributed by atoms with Crippen molar-refractivity contribution in [2.75, 3.05) is 32.1 Å². The molecule has 1 N–H and O–H groups in total. The minimum absolute atomic E-state index is 0.0502. The van der Waals surface area contributed by atoms with E-state index in [1.54, 1.807) is 18.3 Å². The molecule has 0 radical (unpaired) electrons. The number of nitrogens with zero attached hydrogens (tertiary/aromatic N) is 3. The van der Waals surface area contributed by atoms with E-state index in [0.29, 0.717) is 61.1 Å². The zero-order chi connectivity index (χ0) is 26.5. The number of likely N-dealkylation sites (tertiary alicyclic amines) is 1. The Hall–Kier alpha value is -4.53. The van der Waals surface area contributed by atoms with Crippen LogP contribution in [0.1, 0.15) is 19.8 Å². The Labute approximate surface area is 221 Å². The van der Waals surface area contributed by atoms with Crippen LogP contribution >= 0.6 is 0 Å². The Kier molecular flexibility index (Phi) is 7.44. The summed E-state index contributed by atoms with van der Waals surface area (Å²) in [6, 6.07) is 13.3. The largest absolute Gasteiger partial charge is 0.493 e. The number of anilines is 2. The third kappa shape index (κ3) is 5.27. The lowest BCUT2D eigenvalue weighted by Gasteiger charge is -2.31. The fourth-order valence-corrected chi connectivity index (χ4v) is 4.55. The van der Waals surface area contributed by atoms with Crippen LogP contribution in [0.2, 0.25) is 0 Å². The lowest BCUT2D eigenvalue weighted by atomic mass is 10.1. The molecule has 0 atom stereocenters. The standard InChI is InChI=1S/C29H30N4O5/c1-4-28(34)33-12-10-20(11-13-33)38-27-16-21-22(17-26(27)35-3)30-18-31-29(21)32-23-15-19(24-7-6-14-37-24)8-9-25(23)36-5-2/h4,6-9,14-18,20H,1,5,10-13H2,2-3H3,(H,30,31,32). The van der Waals surface area contributed by atoms with E-state index < -0.39 is 0 Å². The van der Waals surface area contributed by atoms with Crippen LogP contribution in [0.25, 0.3) is 22.2 Å². The number of furan rings is 1. The smallest absolute Gasteiger partial charge is 0.245 e. The van der Waals surface area contributed by atoms with Gasteiger partial charge in [0.05, 0.1) is 31.2 Å². The molecule has 2 aromatic carbocycles. The highest BCUT2D eigenvalue weighted by molar-refractivity contribution is 5.93. The van der Waals surface area contributed by atoms with Crippen molar-refractivity contribution in [3.63, 3.8) is 0 Å². The highest BCUT2D eigenvalue weighted by Gasteiger charge is 2.24. The van der Waals surface area contributed by atoms with Gasteiger partial charge in [-0.2, -0.15) is 0 Å². The number of rotatable bonds is 9. The molecule has 1 fully saturated rings. The average molecular weight is 515 g/mol. The minimum Gasteiger partial charge on any atom is -0.493 e. The van der Waals surface area contributed by atoms with E-state index in [1.807, 2.05) is 49.4 Å². The van der Waals surface area contributed by atoms with Crippen LogP contribution in [0.4, 0.5) is 11.5 Å². The lowest BCUT2D eigenvalue weighted by Crippen LogP contribution is -2.41. The van der Waals surface area contributed by atoms with Crippen molar-refractivity contribution in [3.05, 3.63) is 67.7 Å². The van der Waals surface area contributed by atoms with Gasteiger partial charge in [-0.05, 0) is 49.4 Å². The van der Waals surface area contributed by atoms with Gasteiger partial charge in [-0.3, -0.25) is 4.79 Å². The van der Waals surface area contributed by atoms with Crippen LogP contribution in [-0.2, 0) is 4.79 Å². The van der Waals surface area contributed by atoms with E-state index in [4.69, 9.17) is 18.6 Å². The number of ether oxygens (including phenoxy) is 3. The van der Waals surface area contributed by atoms with Gasteiger partial charge >= 0.3 is 0 Å². The molecule has 0 saturated carbocycles. The predicted octanol–water partition coefficient (Wildman–Crippen LogP) is 5.60. The van der Waals surface area contributed by atoms with Gasteiger partial charge in [0, 0.05) is 42.9 Å². The fraction of sp³-hybridized carbons (Fsp3) is 0.276. The highest BCUT2D eigenvalue weighted by Crippen LogP contribution is 2.38. The molecule has 1 aliphatic rings. The number of methoxy groups -OCH3 is 1. The highest BCUT2D eigenvalue weighted by atomic mass is 16.5. The van der Waals surface area contributed by atoms with Crippen molar-refractivity contribution in [2.24, 2.45) is 0 Å².